The Balaban J connectivity index is 1.48. The highest BCUT2D eigenvalue weighted by molar-refractivity contribution is 7.71. The Hall–Kier alpha value is -2.32. The standard InChI is InChI=1S/C18H22N6OS/c1-12-5-7-14(8-6-12)16-20-18(26)24(21-16)11-23-9-3-4-15(10-23)17-19-13(2)22-25-17/h5-8,15H,3-4,9-11H2,1-2H3,(H,20,21,26). The smallest absolute Gasteiger partial charge is 0.231 e. The Labute approximate surface area is 157 Å². The van der Waals surface area contributed by atoms with Crippen LogP contribution in [0.4, 0.5) is 0 Å². The highest BCUT2D eigenvalue weighted by Crippen LogP contribution is 2.26. The summed E-state index contributed by atoms with van der Waals surface area (Å²) in [7, 11) is 0. The summed E-state index contributed by atoms with van der Waals surface area (Å²) in [5, 5.41) is 7.25. The Kier molecular flexibility index (Phi) is 4.69. The zero-order valence-corrected chi connectivity index (χ0v) is 15.8. The van der Waals surface area contributed by atoms with Gasteiger partial charge in [0.15, 0.2) is 11.6 Å². The highest BCUT2D eigenvalue weighted by Gasteiger charge is 2.26. The summed E-state index contributed by atoms with van der Waals surface area (Å²) in [5.74, 6) is 2.51. The molecule has 3 aromatic rings. The van der Waals surface area contributed by atoms with Crippen LogP contribution in [0.5, 0.6) is 0 Å². The fourth-order valence-electron chi connectivity index (χ4n) is 3.36. The van der Waals surface area contributed by atoms with Crippen molar-refractivity contribution in [3.63, 3.8) is 0 Å². The molecule has 0 radical (unpaired) electrons. The van der Waals surface area contributed by atoms with Gasteiger partial charge in [-0.1, -0.05) is 35.0 Å². The molecule has 0 amide bonds. The van der Waals surface area contributed by atoms with Gasteiger partial charge in [-0.05, 0) is 45.5 Å². The fourth-order valence-corrected chi connectivity index (χ4v) is 3.55. The third kappa shape index (κ3) is 3.61. The van der Waals surface area contributed by atoms with E-state index in [1.54, 1.807) is 0 Å². The molecular formula is C18H22N6OS. The Morgan fingerprint density at radius 2 is 2.04 bits per heavy atom. The van der Waals surface area contributed by atoms with Gasteiger partial charge < -0.3 is 4.52 Å². The molecule has 1 fully saturated rings. The van der Waals surface area contributed by atoms with E-state index in [0.29, 0.717) is 17.3 Å². The van der Waals surface area contributed by atoms with Crippen LogP contribution in [0.15, 0.2) is 28.8 Å². The van der Waals surface area contributed by atoms with Crippen molar-refractivity contribution in [3.05, 3.63) is 46.3 Å². The third-order valence-corrected chi connectivity index (χ3v) is 5.06. The van der Waals surface area contributed by atoms with Gasteiger partial charge in [0.2, 0.25) is 10.7 Å². The molecule has 1 aliphatic heterocycles. The summed E-state index contributed by atoms with van der Waals surface area (Å²) in [6.45, 7) is 6.50. The second-order valence-electron chi connectivity index (χ2n) is 6.89. The van der Waals surface area contributed by atoms with Crippen LogP contribution in [0.2, 0.25) is 0 Å². The topological polar surface area (TPSA) is 75.8 Å². The lowest BCUT2D eigenvalue weighted by Gasteiger charge is -2.30. The van der Waals surface area contributed by atoms with Crippen LogP contribution >= 0.6 is 12.2 Å². The number of nitrogens with one attached hydrogen (secondary N) is 1. The van der Waals surface area contributed by atoms with Crippen molar-refractivity contribution >= 4 is 12.2 Å². The summed E-state index contributed by atoms with van der Waals surface area (Å²) < 4.78 is 7.85. The van der Waals surface area contributed by atoms with Crippen LogP contribution in [-0.2, 0) is 6.67 Å². The van der Waals surface area contributed by atoms with E-state index in [9.17, 15) is 0 Å². The number of rotatable bonds is 4. The molecule has 1 saturated heterocycles. The van der Waals surface area contributed by atoms with Crippen LogP contribution in [-0.4, -0.2) is 42.9 Å². The van der Waals surface area contributed by atoms with Crippen LogP contribution < -0.4 is 0 Å². The second-order valence-corrected chi connectivity index (χ2v) is 7.25. The summed E-state index contributed by atoms with van der Waals surface area (Å²) in [6, 6.07) is 8.27. The molecule has 136 valence electrons. The molecule has 7 nitrogen and oxygen atoms in total. The number of aryl methyl sites for hydroxylation is 2. The molecule has 0 saturated carbocycles. The van der Waals surface area contributed by atoms with Crippen molar-refractivity contribution in [1.29, 1.82) is 0 Å². The number of hydrogen-bond acceptors (Lipinski definition) is 6. The van der Waals surface area contributed by atoms with E-state index >= 15 is 0 Å². The number of benzene rings is 1. The van der Waals surface area contributed by atoms with Gasteiger partial charge in [-0.2, -0.15) is 9.97 Å². The highest BCUT2D eigenvalue weighted by atomic mass is 32.1. The first-order valence-electron chi connectivity index (χ1n) is 8.85. The number of aromatic nitrogens is 5. The normalized spacial score (nSPS) is 18.3. The molecule has 4 rings (SSSR count). The second kappa shape index (κ2) is 7.13. The zero-order valence-electron chi connectivity index (χ0n) is 15.0. The van der Waals surface area contributed by atoms with Crippen molar-refractivity contribution in [2.24, 2.45) is 0 Å². The largest absolute Gasteiger partial charge is 0.339 e. The first kappa shape index (κ1) is 17.1. The van der Waals surface area contributed by atoms with Gasteiger partial charge in [-0.3, -0.25) is 10.00 Å². The lowest BCUT2D eigenvalue weighted by molar-refractivity contribution is 0.143. The van der Waals surface area contributed by atoms with Gasteiger partial charge in [-0.15, -0.1) is 0 Å². The Morgan fingerprint density at radius 3 is 2.77 bits per heavy atom. The van der Waals surface area contributed by atoms with E-state index in [1.807, 2.05) is 11.6 Å². The SMILES string of the molecule is Cc1ccc(-c2nc(=S)n(CN3CCCC(c4nc(C)no4)C3)[nH]2)cc1. The van der Waals surface area contributed by atoms with Crippen molar-refractivity contribution in [1.82, 2.24) is 29.8 Å². The summed E-state index contributed by atoms with van der Waals surface area (Å²) in [5.41, 5.74) is 2.26. The van der Waals surface area contributed by atoms with E-state index < -0.39 is 0 Å². The molecule has 1 aliphatic rings. The van der Waals surface area contributed by atoms with Crippen LogP contribution in [0.3, 0.4) is 0 Å². The van der Waals surface area contributed by atoms with Gasteiger partial charge in [0.25, 0.3) is 0 Å². The van der Waals surface area contributed by atoms with Crippen molar-refractivity contribution < 1.29 is 4.52 Å². The molecule has 0 aliphatic carbocycles. The minimum atomic E-state index is 0.276. The minimum Gasteiger partial charge on any atom is -0.339 e. The minimum absolute atomic E-state index is 0.276. The molecule has 2 aromatic heterocycles. The number of likely N-dealkylation sites (tertiary alicyclic amines) is 1. The van der Waals surface area contributed by atoms with Crippen molar-refractivity contribution in [2.75, 3.05) is 13.1 Å². The van der Waals surface area contributed by atoms with Gasteiger partial charge >= 0.3 is 0 Å². The zero-order chi connectivity index (χ0) is 18.1. The molecule has 1 aromatic carbocycles. The van der Waals surface area contributed by atoms with Gasteiger partial charge in [0.1, 0.15) is 0 Å². The van der Waals surface area contributed by atoms with Crippen LogP contribution in [0, 0.1) is 18.6 Å². The van der Waals surface area contributed by atoms with Gasteiger partial charge in [0.05, 0.1) is 12.6 Å². The molecule has 8 heteroatoms. The maximum atomic E-state index is 5.45. The van der Waals surface area contributed by atoms with E-state index in [-0.39, 0.29) is 5.92 Å². The molecule has 26 heavy (non-hydrogen) atoms. The Bertz CT molecular complexity index is 941. The summed E-state index contributed by atoms with van der Waals surface area (Å²) >= 11 is 5.45. The van der Waals surface area contributed by atoms with E-state index in [1.165, 1.54) is 5.56 Å². The molecule has 3 heterocycles. The number of piperidine rings is 1. The van der Waals surface area contributed by atoms with Crippen molar-refractivity contribution in [3.8, 4) is 11.4 Å². The van der Waals surface area contributed by atoms with Gasteiger partial charge in [0, 0.05) is 12.1 Å². The Morgan fingerprint density at radius 1 is 1.23 bits per heavy atom. The first-order chi connectivity index (χ1) is 12.6. The number of aromatic amines is 1. The number of nitrogens with zero attached hydrogens (tertiary/aromatic N) is 5. The average Bonchev–Trinajstić information content (AvgIpc) is 3.22. The molecule has 1 unspecified atom stereocenters. The maximum Gasteiger partial charge on any atom is 0.231 e. The predicted octanol–water partition coefficient (Wildman–Crippen LogP) is 3.44. The quantitative estimate of drug-likeness (QED) is 0.709. The molecular weight excluding hydrogens is 348 g/mol. The lowest BCUT2D eigenvalue weighted by Crippen LogP contribution is -2.36. The van der Waals surface area contributed by atoms with E-state index in [4.69, 9.17) is 16.7 Å². The summed E-state index contributed by atoms with van der Waals surface area (Å²) in [4.78, 5) is 11.3. The van der Waals surface area contributed by atoms with E-state index in [2.05, 4.69) is 56.3 Å². The third-order valence-electron chi connectivity index (χ3n) is 4.74. The number of H-pyrrole nitrogens is 1. The monoisotopic (exact) mass is 370 g/mol. The average molecular weight is 370 g/mol. The van der Waals surface area contributed by atoms with Crippen LogP contribution in [0.25, 0.3) is 11.4 Å². The fraction of sp³-hybridized carbons (Fsp3) is 0.444. The summed E-state index contributed by atoms with van der Waals surface area (Å²) in [6.07, 6.45) is 2.17. The van der Waals surface area contributed by atoms with Crippen molar-refractivity contribution in [2.45, 2.75) is 39.3 Å². The van der Waals surface area contributed by atoms with Gasteiger partial charge in [-0.25, -0.2) is 4.68 Å². The first-order valence-corrected chi connectivity index (χ1v) is 9.26. The maximum absolute atomic E-state index is 5.45. The van der Waals surface area contributed by atoms with Crippen LogP contribution in [0.1, 0.15) is 36.0 Å². The molecule has 1 N–H and O–H groups in total. The van der Waals surface area contributed by atoms with E-state index in [0.717, 1.165) is 43.2 Å². The lowest BCUT2D eigenvalue weighted by atomic mass is 9.98. The molecule has 1 atom stereocenters. The molecule has 0 spiro atoms. The molecule has 0 bridgehead atoms. The predicted molar refractivity (Wildman–Crippen MR) is 100 cm³/mol. The number of hydrogen-bond donors (Lipinski definition) is 1.